The van der Waals surface area contributed by atoms with Crippen LogP contribution < -0.4 is 11.5 Å². The van der Waals surface area contributed by atoms with Crippen LogP contribution in [-0.4, -0.2) is 4.98 Å². The molecule has 3 rings (SSSR count). The highest BCUT2D eigenvalue weighted by molar-refractivity contribution is 6.12. The van der Waals surface area contributed by atoms with Crippen LogP contribution in [0.1, 0.15) is 0 Å². The molecule has 74 valence electrons. The Labute approximate surface area is 86.7 Å². The lowest BCUT2D eigenvalue weighted by molar-refractivity contribution is 1.54. The first kappa shape index (κ1) is 8.17. The van der Waals surface area contributed by atoms with Crippen LogP contribution in [0.25, 0.3) is 21.8 Å². The lowest BCUT2D eigenvalue weighted by atomic mass is 10.1. The van der Waals surface area contributed by atoms with Crippen molar-refractivity contribution in [1.82, 2.24) is 4.98 Å². The summed E-state index contributed by atoms with van der Waals surface area (Å²) in [6.07, 6.45) is 0. The van der Waals surface area contributed by atoms with Gasteiger partial charge in [-0.15, -0.1) is 0 Å². The standard InChI is InChI=1S/C12H11N3/c13-9-6-5-8-7-3-1-2-4-10(7)15-12(8)11(9)14/h1-6,15H,13-14H2. The van der Waals surface area contributed by atoms with Gasteiger partial charge in [0.2, 0.25) is 0 Å². The molecular weight excluding hydrogens is 186 g/mol. The maximum atomic E-state index is 5.93. The van der Waals surface area contributed by atoms with Crippen LogP contribution in [0, 0.1) is 0 Å². The van der Waals surface area contributed by atoms with Crippen LogP contribution in [-0.2, 0) is 0 Å². The number of nitrogen functional groups attached to an aromatic ring is 2. The maximum Gasteiger partial charge on any atom is 0.0793 e. The highest BCUT2D eigenvalue weighted by atomic mass is 14.8. The fourth-order valence-corrected chi connectivity index (χ4v) is 1.96. The molecular formula is C12H11N3. The number of hydrogen-bond donors (Lipinski definition) is 3. The summed E-state index contributed by atoms with van der Waals surface area (Å²) < 4.78 is 0. The molecule has 0 radical (unpaired) electrons. The number of nitrogens with two attached hydrogens (primary N) is 2. The normalized spacial score (nSPS) is 11.2. The predicted molar refractivity (Wildman–Crippen MR) is 64.6 cm³/mol. The third kappa shape index (κ3) is 1.00. The number of para-hydroxylation sites is 1. The van der Waals surface area contributed by atoms with Gasteiger partial charge < -0.3 is 16.5 Å². The van der Waals surface area contributed by atoms with Gasteiger partial charge in [-0.3, -0.25) is 0 Å². The Hall–Kier alpha value is -2.16. The van der Waals surface area contributed by atoms with Gasteiger partial charge in [0.05, 0.1) is 16.9 Å². The highest BCUT2D eigenvalue weighted by Gasteiger charge is 2.07. The van der Waals surface area contributed by atoms with E-state index in [-0.39, 0.29) is 0 Å². The average Bonchev–Trinajstić information content (AvgIpc) is 2.63. The number of rotatable bonds is 0. The quantitative estimate of drug-likeness (QED) is 0.484. The Balaban J connectivity index is 2.60. The van der Waals surface area contributed by atoms with Gasteiger partial charge >= 0.3 is 0 Å². The third-order valence-corrected chi connectivity index (χ3v) is 2.76. The second-order valence-corrected chi connectivity index (χ2v) is 3.66. The van der Waals surface area contributed by atoms with Crippen molar-refractivity contribution in [3.63, 3.8) is 0 Å². The highest BCUT2D eigenvalue weighted by Crippen LogP contribution is 2.31. The zero-order valence-corrected chi connectivity index (χ0v) is 8.12. The van der Waals surface area contributed by atoms with E-state index >= 15 is 0 Å². The van der Waals surface area contributed by atoms with Gasteiger partial charge in [-0.25, -0.2) is 0 Å². The molecule has 0 amide bonds. The van der Waals surface area contributed by atoms with Crippen molar-refractivity contribution in [2.75, 3.05) is 11.5 Å². The summed E-state index contributed by atoms with van der Waals surface area (Å²) in [7, 11) is 0. The summed E-state index contributed by atoms with van der Waals surface area (Å²) in [6, 6.07) is 12.0. The van der Waals surface area contributed by atoms with Gasteiger partial charge in [0.1, 0.15) is 0 Å². The molecule has 3 heteroatoms. The Morgan fingerprint density at radius 1 is 0.867 bits per heavy atom. The smallest absolute Gasteiger partial charge is 0.0793 e. The average molecular weight is 197 g/mol. The van der Waals surface area contributed by atoms with E-state index in [4.69, 9.17) is 11.5 Å². The van der Waals surface area contributed by atoms with Crippen molar-refractivity contribution >= 4 is 33.2 Å². The van der Waals surface area contributed by atoms with Crippen molar-refractivity contribution in [3.05, 3.63) is 36.4 Å². The second kappa shape index (κ2) is 2.67. The molecule has 0 aliphatic carbocycles. The number of fused-ring (bicyclic) bond motifs is 3. The van der Waals surface area contributed by atoms with Crippen LogP contribution in [0.3, 0.4) is 0 Å². The van der Waals surface area contributed by atoms with Crippen LogP contribution >= 0.6 is 0 Å². The summed E-state index contributed by atoms with van der Waals surface area (Å²) in [5.41, 5.74) is 15.0. The zero-order chi connectivity index (χ0) is 10.4. The Kier molecular flexibility index (Phi) is 1.45. The molecule has 0 spiro atoms. The Bertz CT molecular complexity index is 652. The van der Waals surface area contributed by atoms with E-state index in [0.717, 1.165) is 16.4 Å². The van der Waals surface area contributed by atoms with E-state index in [1.54, 1.807) is 0 Å². The summed E-state index contributed by atoms with van der Waals surface area (Å²) in [4.78, 5) is 3.28. The van der Waals surface area contributed by atoms with E-state index in [9.17, 15) is 0 Å². The molecule has 15 heavy (non-hydrogen) atoms. The minimum atomic E-state index is 0.619. The van der Waals surface area contributed by atoms with Crippen molar-refractivity contribution in [2.45, 2.75) is 0 Å². The molecule has 0 saturated carbocycles. The number of aromatic nitrogens is 1. The lowest BCUT2D eigenvalue weighted by Gasteiger charge is -2.00. The molecule has 0 unspecified atom stereocenters. The first-order valence-corrected chi connectivity index (χ1v) is 4.82. The van der Waals surface area contributed by atoms with E-state index < -0.39 is 0 Å². The van der Waals surface area contributed by atoms with Gasteiger partial charge in [0, 0.05) is 16.3 Å². The van der Waals surface area contributed by atoms with Gasteiger partial charge in [0.25, 0.3) is 0 Å². The topological polar surface area (TPSA) is 67.8 Å². The van der Waals surface area contributed by atoms with Gasteiger partial charge in [-0.2, -0.15) is 0 Å². The van der Waals surface area contributed by atoms with E-state index in [0.29, 0.717) is 11.4 Å². The number of nitrogens with one attached hydrogen (secondary N) is 1. The fourth-order valence-electron chi connectivity index (χ4n) is 1.96. The fraction of sp³-hybridized carbons (Fsp3) is 0. The van der Waals surface area contributed by atoms with E-state index in [1.807, 2.05) is 30.3 Å². The monoisotopic (exact) mass is 197 g/mol. The van der Waals surface area contributed by atoms with Gasteiger partial charge in [-0.1, -0.05) is 24.3 Å². The Morgan fingerprint density at radius 2 is 1.67 bits per heavy atom. The van der Waals surface area contributed by atoms with Crippen LogP contribution in [0.5, 0.6) is 0 Å². The number of hydrogen-bond acceptors (Lipinski definition) is 2. The molecule has 0 saturated heterocycles. The predicted octanol–water partition coefficient (Wildman–Crippen LogP) is 2.49. The molecule has 0 atom stereocenters. The lowest BCUT2D eigenvalue weighted by Crippen LogP contribution is -1.94. The summed E-state index contributed by atoms with van der Waals surface area (Å²) in [5, 5.41) is 2.30. The largest absolute Gasteiger partial charge is 0.397 e. The number of aromatic amines is 1. The van der Waals surface area contributed by atoms with Crippen molar-refractivity contribution in [1.29, 1.82) is 0 Å². The molecule has 0 aliphatic heterocycles. The summed E-state index contributed by atoms with van der Waals surface area (Å²) >= 11 is 0. The van der Waals surface area contributed by atoms with Crippen molar-refractivity contribution < 1.29 is 0 Å². The minimum Gasteiger partial charge on any atom is -0.397 e. The van der Waals surface area contributed by atoms with Crippen molar-refractivity contribution in [3.8, 4) is 0 Å². The molecule has 1 heterocycles. The first-order chi connectivity index (χ1) is 7.27. The number of anilines is 2. The summed E-state index contributed by atoms with van der Waals surface area (Å²) in [5.74, 6) is 0. The maximum absolute atomic E-state index is 5.93. The van der Waals surface area contributed by atoms with Gasteiger partial charge in [0.15, 0.2) is 0 Å². The van der Waals surface area contributed by atoms with Crippen LogP contribution in [0.2, 0.25) is 0 Å². The Morgan fingerprint density at radius 3 is 2.53 bits per heavy atom. The molecule has 0 aliphatic rings. The van der Waals surface area contributed by atoms with Crippen LogP contribution in [0.4, 0.5) is 11.4 Å². The molecule has 0 bridgehead atoms. The minimum absolute atomic E-state index is 0.619. The van der Waals surface area contributed by atoms with E-state index in [1.165, 1.54) is 5.39 Å². The first-order valence-electron chi connectivity index (χ1n) is 4.82. The number of benzene rings is 2. The molecule has 0 fully saturated rings. The van der Waals surface area contributed by atoms with Gasteiger partial charge in [-0.05, 0) is 12.1 Å². The SMILES string of the molecule is Nc1ccc2c([nH]c3ccccc32)c1N. The zero-order valence-electron chi connectivity index (χ0n) is 8.12. The molecule has 3 aromatic rings. The molecule has 3 nitrogen and oxygen atoms in total. The third-order valence-electron chi connectivity index (χ3n) is 2.76. The van der Waals surface area contributed by atoms with Crippen LogP contribution in [0.15, 0.2) is 36.4 Å². The molecule has 2 aromatic carbocycles. The molecule has 5 N–H and O–H groups in total. The number of H-pyrrole nitrogens is 1. The summed E-state index contributed by atoms with van der Waals surface area (Å²) in [6.45, 7) is 0. The second-order valence-electron chi connectivity index (χ2n) is 3.66. The van der Waals surface area contributed by atoms with Crippen molar-refractivity contribution in [2.24, 2.45) is 0 Å². The van der Waals surface area contributed by atoms with E-state index in [2.05, 4.69) is 11.1 Å². The molecule has 1 aromatic heterocycles.